The molecule has 4 nitrogen and oxygen atoms in total. The molecule has 6 heteroatoms. The van der Waals surface area contributed by atoms with Gasteiger partial charge in [0.05, 0.1) is 17.1 Å². The molecule has 0 aliphatic heterocycles. The van der Waals surface area contributed by atoms with Gasteiger partial charge in [0.15, 0.2) is 9.84 Å². The third-order valence-corrected chi connectivity index (χ3v) is 5.39. The molecule has 0 rings (SSSR count). The van der Waals surface area contributed by atoms with E-state index in [9.17, 15) is 8.42 Å². The maximum atomic E-state index is 11.9. The Morgan fingerprint density at radius 3 is 2.35 bits per heavy atom. The zero-order chi connectivity index (χ0) is 13.5. The summed E-state index contributed by atoms with van der Waals surface area (Å²) >= 11 is 5.66. The number of nitrogens with one attached hydrogen (secondary N) is 1. The Kier molecular flexibility index (Phi) is 7.63. The van der Waals surface area contributed by atoms with Gasteiger partial charge in [0.2, 0.25) is 0 Å². The Morgan fingerprint density at radius 1 is 1.35 bits per heavy atom. The molecular weight excluding hydrogens is 262 g/mol. The molecular formula is C11H24ClNO3S. The molecule has 1 atom stereocenters. The summed E-state index contributed by atoms with van der Waals surface area (Å²) in [4.78, 5) is 0. The van der Waals surface area contributed by atoms with Crippen LogP contribution in [0.1, 0.15) is 27.2 Å². The Labute approximate surface area is 110 Å². The van der Waals surface area contributed by atoms with Crippen LogP contribution in [0.4, 0.5) is 0 Å². The predicted molar refractivity (Wildman–Crippen MR) is 72.5 cm³/mol. The van der Waals surface area contributed by atoms with Gasteiger partial charge < -0.3 is 10.1 Å². The topological polar surface area (TPSA) is 55.4 Å². The lowest BCUT2D eigenvalue weighted by molar-refractivity contribution is 0.165. The van der Waals surface area contributed by atoms with E-state index in [1.807, 2.05) is 0 Å². The third-order valence-electron chi connectivity index (χ3n) is 2.56. The van der Waals surface area contributed by atoms with Gasteiger partial charge in [0.25, 0.3) is 0 Å². The van der Waals surface area contributed by atoms with Gasteiger partial charge in [-0.05, 0) is 27.2 Å². The maximum Gasteiger partial charge on any atom is 0.156 e. The normalized spacial score (nSPS) is 14.9. The van der Waals surface area contributed by atoms with Crippen LogP contribution in [-0.2, 0) is 14.6 Å². The second-order valence-electron chi connectivity index (χ2n) is 5.02. The fraction of sp³-hybridized carbons (Fsp3) is 1.00. The minimum Gasteiger partial charge on any atom is -0.383 e. The first-order valence-corrected chi connectivity index (χ1v) is 7.94. The van der Waals surface area contributed by atoms with Crippen LogP contribution < -0.4 is 5.32 Å². The van der Waals surface area contributed by atoms with Crippen LogP contribution in [0.15, 0.2) is 0 Å². The molecule has 104 valence electrons. The molecule has 0 aromatic rings. The first kappa shape index (κ1) is 17.2. The predicted octanol–water partition coefficient (Wildman–Crippen LogP) is 1.43. The average Bonchev–Trinajstić information content (AvgIpc) is 2.16. The summed E-state index contributed by atoms with van der Waals surface area (Å²) in [5, 5.41) is 3.16. The first-order chi connectivity index (χ1) is 7.74. The molecule has 0 amide bonds. The van der Waals surface area contributed by atoms with E-state index in [1.165, 1.54) is 0 Å². The van der Waals surface area contributed by atoms with E-state index >= 15 is 0 Å². The fourth-order valence-corrected chi connectivity index (χ4v) is 2.54. The average molecular weight is 286 g/mol. The van der Waals surface area contributed by atoms with Crippen molar-refractivity contribution in [1.82, 2.24) is 5.32 Å². The molecule has 0 bridgehead atoms. The fourth-order valence-electron chi connectivity index (χ4n) is 1.28. The lowest BCUT2D eigenvalue weighted by Crippen LogP contribution is -2.40. The zero-order valence-electron chi connectivity index (χ0n) is 11.1. The number of hydrogen-bond acceptors (Lipinski definition) is 4. The standard InChI is InChI=1S/C11H24ClNO3S/c1-11(2,3)17(14,15)8-7-13-10(5-6-12)9-16-4/h10,13H,5-9H2,1-4H3. The molecule has 0 aliphatic carbocycles. The largest absolute Gasteiger partial charge is 0.383 e. The van der Waals surface area contributed by atoms with Crippen molar-refractivity contribution in [3.05, 3.63) is 0 Å². The Balaban J connectivity index is 4.12. The highest BCUT2D eigenvalue weighted by molar-refractivity contribution is 7.92. The van der Waals surface area contributed by atoms with E-state index in [4.69, 9.17) is 16.3 Å². The van der Waals surface area contributed by atoms with Crippen molar-refractivity contribution in [2.24, 2.45) is 0 Å². The summed E-state index contributed by atoms with van der Waals surface area (Å²) in [5.41, 5.74) is 0. The van der Waals surface area contributed by atoms with Crippen LogP contribution in [0.5, 0.6) is 0 Å². The summed E-state index contributed by atoms with van der Waals surface area (Å²) in [6, 6.07) is 0.118. The molecule has 1 N–H and O–H groups in total. The van der Waals surface area contributed by atoms with Crippen LogP contribution in [-0.4, -0.2) is 51.1 Å². The highest BCUT2D eigenvalue weighted by Gasteiger charge is 2.28. The first-order valence-electron chi connectivity index (χ1n) is 5.75. The molecule has 0 saturated carbocycles. The van der Waals surface area contributed by atoms with Crippen molar-refractivity contribution < 1.29 is 13.2 Å². The SMILES string of the molecule is COCC(CCCl)NCCS(=O)(=O)C(C)(C)C. The Morgan fingerprint density at radius 2 is 1.94 bits per heavy atom. The molecule has 0 fully saturated rings. The van der Waals surface area contributed by atoms with Gasteiger partial charge >= 0.3 is 0 Å². The molecule has 17 heavy (non-hydrogen) atoms. The summed E-state index contributed by atoms with van der Waals surface area (Å²) in [6.45, 7) is 6.13. The van der Waals surface area contributed by atoms with Gasteiger partial charge in [-0.15, -0.1) is 11.6 Å². The van der Waals surface area contributed by atoms with Crippen LogP contribution in [0.3, 0.4) is 0 Å². The lowest BCUT2D eigenvalue weighted by atomic mass is 10.2. The minimum absolute atomic E-state index is 0.118. The third kappa shape index (κ3) is 6.60. The number of sulfone groups is 1. The molecule has 0 saturated heterocycles. The van der Waals surface area contributed by atoms with Crippen LogP contribution in [0.2, 0.25) is 0 Å². The highest BCUT2D eigenvalue weighted by atomic mass is 35.5. The van der Waals surface area contributed by atoms with Crippen molar-refractivity contribution >= 4 is 21.4 Å². The Hall–Kier alpha value is 0.160. The molecule has 0 aliphatic rings. The number of alkyl halides is 1. The van der Waals surface area contributed by atoms with E-state index < -0.39 is 14.6 Å². The quantitative estimate of drug-likeness (QED) is 0.686. The molecule has 0 heterocycles. The summed E-state index contributed by atoms with van der Waals surface area (Å²) in [5.74, 6) is 0.673. The van der Waals surface area contributed by atoms with Crippen LogP contribution in [0.25, 0.3) is 0 Å². The van der Waals surface area contributed by atoms with Crippen LogP contribution in [0, 0.1) is 0 Å². The van der Waals surface area contributed by atoms with Gasteiger partial charge in [-0.3, -0.25) is 0 Å². The number of methoxy groups -OCH3 is 1. The molecule has 0 spiro atoms. The highest BCUT2D eigenvalue weighted by Crippen LogP contribution is 2.15. The molecule has 0 radical (unpaired) electrons. The molecule has 0 aromatic carbocycles. The van der Waals surface area contributed by atoms with E-state index in [0.717, 1.165) is 6.42 Å². The maximum absolute atomic E-state index is 11.9. The van der Waals surface area contributed by atoms with E-state index in [0.29, 0.717) is 19.0 Å². The van der Waals surface area contributed by atoms with Gasteiger partial charge in [0.1, 0.15) is 0 Å². The number of rotatable bonds is 8. The van der Waals surface area contributed by atoms with Gasteiger partial charge in [-0.1, -0.05) is 0 Å². The summed E-state index contributed by atoms with van der Waals surface area (Å²) in [6.07, 6.45) is 0.769. The van der Waals surface area contributed by atoms with Crippen molar-refractivity contribution in [1.29, 1.82) is 0 Å². The van der Waals surface area contributed by atoms with Gasteiger partial charge in [-0.25, -0.2) is 8.42 Å². The van der Waals surface area contributed by atoms with E-state index in [-0.39, 0.29) is 11.8 Å². The van der Waals surface area contributed by atoms with Crippen LogP contribution >= 0.6 is 11.6 Å². The molecule has 1 unspecified atom stereocenters. The van der Waals surface area contributed by atoms with E-state index in [1.54, 1.807) is 27.9 Å². The Bertz CT molecular complexity index is 292. The summed E-state index contributed by atoms with van der Waals surface area (Å²) < 4.78 is 28.0. The number of ether oxygens (including phenoxy) is 1. The lowest BCUT2D eigenvalue weighted by Gasteiger charge is -2.21. The second kappa shape index (κ2) is 7.56. The minimum atomic E-state index is -3.06. The monoisotopic (exact) mass is 285 g/mol. The number of hydrogen-bond donors (Lipinski definition) is 1. The van der Waals surface area contributed by atoms with Gasteiger partial charge in [-0.2, -0.15) is 0 Å². The van der Waals surface area contributed by atoms with Crippen molar-refractivity contribution in [2.75, 3.05) is 31.9 Å². The number of halogens is 1. The van der Waals surface area contributed by atoms with Crippen molar-refractivity contribution in [3.63, 3.8) is 0 Å². The zero-order valence-corrected chi connectivity index (χ0v) is 12.7. The second-order valence-corrected chi connectivity index (χ2v) is 8.26. The smallest absolute Gasteiger partial charge is 0.156 e. The summed E-state index contributed by atoms with van der Waals surface area (Å²) in [7, 11) is -1.44. The van der Waals surface area contributed by atoms with Crippen molar-refractivity contribution in [3.8, 4) is 0 Å². The van der Waals surface area contributed by atoms with E-state index in [2.05, 4.69) is 5.32 Å². The van der Waals surface area contributed by atoms with Gasteiger partial charge in [0, 0.05) is 25.6 Å². The molecule has 0 aromatic heterocycles. The van der Waals surface area contributed by atoms with Crippen molar-refractivity contribution in [2.45, 2.75) is 38.0 Å².